The van der Waals surface area contributed by atoms with Crippen molar-refractivity contribution in [2.45, 2.75) is 16.1 Å². The second kappa shape index (κ2) is 9.99. The Hall–Kier alpha value is -2.46. The smallest absolute Gasteiger partial charge is 0.306 e. The largest absolute Gasteiger partial charge is 0.417 e. The van der Waals surface area contributed by atoms with Gasteiger partial charge in [0.25, 0.3) is 5.91 Å². The SMILES string of the molecule is O=C(NC(=O)c1c(Cl)cccc1Cl)Nc1ccc(Sc2ccc(C(F)(F)F)c(Cl)c2)nc1. The van der Waals surface area contributed by atoms with Gasteiger partial charge < -0.3 is 5.32 Å². The van der Waals surface area contributed by atoms with E-state index in [1.807, 2.05) is 0 Å². The van der Waals surface area contributed by atoms with E-state index in [0.29, 0.717) is 9.92 Å². The number of nitrogens with zero attached hydrogens (tertiary/aromatic N) is 1. The number of imide groups is 1. The molecule has 0 aliphatic carbocycles. The number of amides is 3. The molecule has 0 aliphatic rings. The third-order valence-electron chi connectivity index (χ3n) is 3.88. The summed E-state index contributed by atoms with van der Waals surface area (Å²) in [6, 6.07) is 10.1. The van der Waals surface area contributed by atoms with Gasteiger partial charge in [0.15, 0.2) is 0 Å². The molecule has 0 saturated heterocycles. The Morgan fingerprint density at radius 3 is 2.19 bits per heavy atom. The molecule has 3 amide bonds. The molecule has 0 aliphatic heterocycles. The van der Waals surface area contributed by atoms with Crippen molar-refractivity contribution in [3.05, 3.63) is 80.9 Å². The molecule has 1 heterocycles. The first-order valence-electron chi connectivity index (χ1n) is 8.61. The highest BCUT2D eigenvalue weighted by atomic mass is 35.5. The van der Waals surface area contributed by atoms with Crippen molar-refractivity contribution in [1.29, 1.82) is 0 Å². The Labute approximate surface area is 199 Å². The Morgan fingerprint density at radius 1 is 0.938 bits per heavy atom. The molecule has 0 unspecified atom stereocenters. The van der Waals surface area contributed by atoms with Crippen molar-refractivity contribution in [1.82, 2.24) is 10.3 Å². The predicted molar refractivity (Wildman–Crippen MR) is 118 cm³/mol. The first-order valence-corrected chi connectivity index (χ1v) is 10.6. The van der Waals surface area contributed by atoms with Gasteiger partial charge in [-0.1, -0.05) is 52.6 Å². The Kier molecular flexibility index (Phi) is 7.55. The third-order valence-corrected chi connectivity index (χ3v) is 5.76. The van der Waals surface area contributed by atoms with E-state index in [1.54, 1.807) is 12.1 Å². The van der Waals surface area contributed by atoms with Gasteiger partial charge in [0.05, 0.1) is 38.1 Å². The number of urea groups is 1. The van der Waals surface area contributed by atoms with E-state index in [0.717, 1.165) is 17.8 Å². The van der Waals surface area contributed by atoms with Crippen LogP contribution in [0.15, 0.2) is 64.6 Å². The first kappa shape index (κ1) is 24.2. The van der Waals surface area contributed by atoms with Gasteiger partial charge in [0.2, 0.25) is 0 Å². The maximum absolute atomic E-state index is 12.8. The van der Waals surface area contributed by atoms with E-state index in [1.165, 1.54) is 36.5 Å². The van der Waals surface area contributed by atoms with Gasteiger partial charge in [0.1, 0.15) is 5.03 Å². The summed E-state index contributed by atoms with van der Waals surface area (Å²) in [6.07, 6.45) is -3.22. The lowest BCUT2D eigenvalue weighted by Gasteiger charge is -2.10. The molecule has 1 aromatic heterocycles. The third kappa shape index (κ3) is 6.07. The van der Waals surface area contributed by atoms with E-state index >= 15 is 0 Å². The number of nitrogens with one attached hydrogen (secondary N) is 2. The number of carbonyl (C=O) groups excluding carboxylic acids is 2. The van der Waals surface area contributed by atoms with Crippen molar-refractivity contribution in [2.24, 2.45) is 0 Å². The van der Waals surface area contributed by atoms with Gasteiger partial charge in [-0.25, -0.2) is 9.78 Å². The maximum Gasteiger partial charge on any atom is 0.417 e. The molecule has 166 valence electrons. The number of rotatable bonds is 4. The highest BCUT2D eigenvalue weighted by molar-refractivity contribution is 7.99. The monoisotopic (exact) mass is 519 g/mol. The first-order chi connectivity index (χ1) is 15.0. The average Bonchev–Trinajstić information content (AvgIpc) is 2.68. The molecule has 2 N–H and O–H groups in total. The fourth-order valence-corrected chi connectivity index (χ4v) is 4.18. The van der Waals surface area contributed by atoms with Crippen LogP contribution in [0.1, 0.15) is 15.9 Å². The molecule has 0 saturated carbocycles. The van der Waals surface area contributed by atoms with E-state index in [-0.39, 0.29) is 21.3 Å². The number of carbonyl (C=O) groups is 2. The van der Waals surface area contributed by atoms with Crippen LogP contribution in [0.25, 0.3) is 0 Å². The van der Waals surface area contributed by atoms with E-state index in [2.05, 4.69) is 15.6 Å². The normalized spacial score (nSPS) is 11.2. The molecule has 0 fully saturated rings. The lowest BCUT2D eigenvalue weighted by atomic mass is 10.2. The number of benzene rings is 2. The Morgan fingerprint density at radius 2 is 1.62 bits per heavy atom. The second-order valence-electron chi connectivity index (χ2n) is 6.13. The van der Waals surface area contributed by atoms with Crippen LogP contribution in [0.5, 0.6) is 0 Å². The highest BCUT2D eigenvalue weighted by Crippen LogP contribution is 2.37. The standard InChI is InChI=1S/C20H11Cl3F3N3O2S/c21-13-2-1-3-14(22)17(13)18(30)29-19(31)28-10-4-7-16(27-9-10)32-11-5-6-12(15(23)8-11)20(24,25)26/h1-9H,(H2,28,29,30,31). The zero-order valence-corrected chi connectivity index (χ0v) is 18.7. The minimum atomic E-state index is -4.54. The van der Waals surface area contributed by atoms with E-state index in [4.69, 9.17) is 34.8 Å². The van der Waals surface area contributed by atoms with Crippen LogP contribution in [-0.4, -0.2) is 16.9 Å². The van der Waals surface area contributed by atoms with Crippen molar-refractivity contribution >= 4 is 64.2 Å². The van der Waals surface area contributed by atoms with Gasteiger partial charge in [-0.2, -0.15) is 13.2 Å². The molecule has 3 rings (SSSR count). The van der Waals surface area contributed by atoms with Gasteiger partial charge in [-0.3, -0.25) is 10.1 Å². The number of anilines is 1. The second-order valence-corrected chi connectivity index (χ2v) is 8.45. The van der Waals surface area contributed by atoms with Crippen LogP contribution in [0.2, 0.25) is 15.1 Å². The Balaban J connectivity index is 1.62. The lowest BCUT2D eigenvalue weighted by molar-refractivity contribution is -0.137. The van der Waals surface area contributed by atoms with Crippen LogP contribution in [-0.2, 0) is 6.18 Å². The summed E-state index contributed by atoms with van der Waals surface area (Å²) in [7, 11) is 0. The summed E-state index contributed by atoms with van der Waals surface area (Å²) in [5.41, 5.74) is -0.684. The molecule has 0 spiro atoms. The van der Waals surface area contributed by atoms with Crippen LogP contribution in [0.4, 0.5) is 23.7 Å². The van der Waals surface area contributed by atoms with Gasteiger partial charge in [0, 0.05) is 4.90 Å². The fraction of sp³-hybridized carbons (Fsp3) is 0.0500. The van der Waals surface area contributed by atoms with Crippen molar-refractivity contribution in [3.63, 3.8) is 0 Å². The number of hydrogen-bond donors (Lipinski definition) is 2. The number of aromatic nitrogens is 1. The summed E-state index contributed by atoms with van der Waals surface area (Å²) in [5.74, 6) is -0.780. The molecule has 0 radical (unpaired) electrons. The van der Waals surface area contributed by atoms with Gasteiger partial charge in [-0.15, -0.1) is 0 Å². The van der Waals surface area contributed by atoms with Crippen LogP contribution in [0, 0.1) is 0 Å². The molecule has 5 nitrogen and oxygen atoms in total. The number of hydrogen-bond acceptors (Lipinski definition) is 4. The molecule has 2 aromatic carbocycles. The van der Waals surface area contributed by atoms with Gasteiger partial charge in [-0.05, 0) is 42.5 Å². The summed E-state index contributed by atoms with van der Waals surface area (Å²) < 4.78 is 38.4. The minimum absolute atomic E-state index is 0.0361. The summed E-state index contributed by atoms with van der Waals surface area (Å²) in [5, 5.41) is 4.76. The summed E-state index contributed by atoms with van der Waals surface area (Å²) >= 11 is 18.7. The van der Waals surface area contributed by atoms with E-state index < -0.39 is 28.7 Å². The molecule has 0 atom stereocenters. The number of alkyl halides is 3. The minimum Gasteiger partial charge on any atom is -0.306 e. The Bertz CT molecular complexity index is 1150. The predicted octanol–water partition coefficient (Wildman–Crippen LogP) is 7.17. The molecule has 3 aromatic rings. The fourth-order valence-electron chi connectivity index (χ4n) is 2.47. The van der Waals surface area contributed by atoms with Crippen LogP contribution >= 0.6 is 46.6 Å². The molecule has 0 bridgehead atoms. The summed E-state index contributed by atoms with van der Waals surface area (Å²) in [6.45, 7) is 0. The van der Waals surface area contributed by atoms with Crippen molar-refractivity contribution < 1.29 is 22.8 Å². The maximum atomic E-state index is 12.8. The molecular weight excluding hydrogens is 510 g/mol. The van der Waals surface area contributed by atoms with Crippen LogP contribution in [0.3, 0.4) is 0 Å². The zero-order valence-electron chi connectivity index (χ0n) is 15.6. The quantitative estimate of drug-likeness (QED) is 0.382. The lowest BCUT2D eigenvalue weighted by Crippen LogP contribution is -2.34. The van der Waals surface area contributed by atoms with Crippen molar-refractivity contribution in [2.75, 3.05) is 5.32 Å². The van der Waals surface area contributed by atoms with Crippen LogP contribution < -0.4 is 10.6 Å². The van der Waals surface area contributed by atoms with Crippen molar-refractivity contribution in [3.8, 4) is 0 Å². The topological polar surface area (TPSA) is 71.1 Å². The van der Waals surface area contributed by atoms with E-state index in [9.17, 15) is 22.8 Å². The summed E-state index contributed by atoms with van der Waals surface area (Å²) in [4.78, 5) is 28.9. The number of pyridine rings is 1. The molecule has 32 heavy (non-hydrogen) atoms. The zero-order chi connectivity index (χ0) is 23.5. The molecular formula is C20H11Cl3F3N3O2S. The number of halogens is 6. The highest BCUT2D eigenvalue weighted by Gasteiger charge is 2.33. The molecule has 12 heteroatoms. The van der Waals surface area contributed by atoms with Gasteiger partial charge >= 0.3 is 12.2 Å². The average molecular weight is 521 g/mol.